The Labute approximate surface area is 122 Å². The minimum atomic E-state index is -3.65. The zero-order valence-corrected chi connectivity index (χ0v) is 12.2. The first kappa shape index (κ1) is 15.0. The number of nitrogens with two attached hydrogens (primary N) is 2. The van der Waals surface area contributed by atoms with Crippen LogP contribution in [0.2, 0.25) is 0 Å². The third kappa shape index (κ3) is 3.19. The highest BCUT2D eigenvalue weighted by Crippen LogP contribution is 2.21. The van der Waals surface area contributed by atoms with Gasteiger partial charge in [0.2, 0.25) is 15.7 Å². The summed E-state index contributed by atoms with van der Waals surface area (Å²) in [6, 6.07) is 7.70. The molecule has 1 amide bonds. The van der Waals surface area contributed by atoms with Gasteiger partial charge in [-0.3, -0.25) is 4.79 Å². The number of sulfone groups is 1. The number of anilines is 1. The summed E-state index contributed by atoms with van der Waals surface area (Å²) in [6.45, 7) is 1.72. The molecule has 0 spiro atoms. The molecule has 0 aliphatic carbocycles. The number of carbonyl (C=O) groups excluding carboxylic acids is 1. The van der Waals surface area contributed by atoms with Gasteiger partial charge in [0.15, 0.2) is 5.03 Å². The molecule has 0 unspecified atom stereocenters. The van der Waals surface area contributed by atoms with Crippen molar-refractivity contribution in [3.8, 4) is 0 Å². The molecule has 0 saturated carbocycles. The van der Waals surface area contributed by atoms with Crippen LogP contribution >= 0.6 is 0 Å². The van der Waals surface area contributed by atoms with Crippen molar-refractivity contribution < 1.29 is 13.2 Å². The highest BCUT2D eigenvalue weighted by molar-refractivity contribution is 7.90. The maximum atomic E-state index is 12.4. The number of nitrogens with zero attached hydrogens (tertiary/aromatic N) is 1. The lowest BCUT2D eigenvalue weighted by atomic mass is 10.1. The molecule has 2 rings (SSSR count). The molecule has 0 radical (unpaired) electrons. The molecule has 1 aromatic heterocycles. The van der Waals surface area contributed by atoms with E-state index in [9.17, 15) is 13.2 Å². The van der Waals surface area contributed by atoms with Gasteiger partial charge < -0.3 is 11.5 Å². The number of aromatic nitrogens is 1. The summed E-state index contributed by atoms with van der Waals surface area (Å²) in [5, 5.41) is -0.136. The van der Waals surface area contributed by atoms with E-state index in [0.29, 0.717) is 16.7 Å². The van der Waals surface area contributed by atoms with E-state index in [1.165, 1.54) is 18.3 Å². The SMILES string of the molecule is Cc1cc(C(N)=O)ccc1CS(=O)(=O)c1ncccc1N. The Morgan fingerprint density at radius 2 is 2.00 bits per heavy atom. The van der Waals surface area contributed by atoms with Crippen molar-refractivity contribution in [1.82, 2.24) is 4.98 Å². The number of amides is 1. The lowest BCUT2D eigenvalue weighted by Gasteiger charge is -2.09. The maximum Gasteiger partial charge on any atom is 0.248 e. The van der Waals surface area contributed by atoms with Gasteiger partial charge in [0, 0.05) is 11.8 Å². The van der Waals surface area contributed by atoms with Gasteiger partial charge in [-0.25, -0.2) is 13.4 Å². The molecule has 6 nitrogen and oxygen atoms in total. The lowest BCUT2D eigenvalue weighted by molar-refractivity contribution is 0.1000. The van der Waals surface area contributed by atoms with Gasteiger partial charge in [-0.05, 0) is 42.3 Å². The topological polar surface area (TPSA) is 116 Å². The van der Waals surface area contributed by atoms with Gasteiger partial charge in [-0.15, -0.1) is 0 Å². The second-order valence-corrected chi connectivity index (χ2v) is 6.57. The number of hydrogen-bond acceptors (Lipinski definition) is 5. The zero-order valence-electron chi connectivity index (χ0n) is 11.4. The van der Waals surface area contributed by atoms with Gasteiger partial charge in [-0.2, -0.15) is 0 Å². The predicted octanol–water partition coefficient (Wildman–Crippen LogP) is 1.05. The molecule has 0 atom stereocenters. The monoisotopic (exact) mass is 305 g/mol. The number of aryl methyl sites for hydroxylation is 1. The predicted molar refractivity (Wildman–Crippen MR) is 79.2 cm³/mol. The van der Waals surface area contributed by atoms with Gasteiger partial charge in [0.05, 0.1) is 11.4 Å². The molecule has 0 aliphatic heterocycles. The Kier molecular flexibility index (Phi) is 3.95. The van der Waals surface area contributed by atoms with E-state index in [-0.39, 0.29) is 16.5 Å². The second kappa shape index (κ2) is 5.53. The summed E-state index contributed by atoms with van der Waals surface area (Å²) >= 11 is 0. The van der Waals surface area contributed by atoms with E-state index in [0.717, 1.165) is 0 Å². The molecule has 1 aromatic carbocycles. The number of rotatable bonds is 4. The summed E-state index contributed by atoms with van der Waals surface area (Å²) in [4.78, 5) is 14.9. The standard InChI is InChI=1S/C14H15N3O3S/c1-9-7-10(13(16)18)4-5-11(9)8-21(19,20)14-12(15)3-2-6-17-14/h2-7H,8,15H2,1H3,(H2,16,18). The normalized spacial score (nSPS) is 11.3. The summed E-state index contributed by atoms with van der Waals surface area (Å²) in [5.41, 5.74) is 12.5. The summed E-state index contributed by atoms with van der Waals surface area (Å²) < 4.78 is 24.7. The largest absolute Gasteiger partial charge is 0.396 e. The molecule has 0 fully saturated rings. The first-order valence-corrected chi connectivity index (χ1v) is 7.79. The fourth-order valence-corrected chi connectivity index (χ4v) is 3.47. The number of hydrogen-bond donors (Lipinski definition) is 2. The van der Waals surface area contributed by atoms with Crippen LogP contribution in [0, 0.1) is 6.92 Å². The van der Waals surface area contributed by atoms with Gasteiger partial charge >= 0.3 is 0 Å². The van der Waals surface area contributed by atoms with E-state index in [1.54, 1.807) is 25.1 Å². The van der Waals surface area contributed by atoms with Gasteiger partial charge in [-0.1, -0.05) is 6.07 Å². The van der Waals surface area contributed by atoms with Crippen LogP contribution in [-0.2, 0) is 15.6 Å². The molecule has 1 heterocycles. The molecule has 4 N–H and O–H groups in total. The Balaban J connectivity index is 2.38. The third-order valence-electron chi connectivity index (χ3n) is 3.07. The van der Waals surface area contributed by atoms with E-state index in [1.807, 2.05) is 0 Å². The number of carbonyl (C=O) groups is 1. The zero-order chi connectivity index (χ0) is 15.6. The van der Waals surface area contributed by atoms with Crippen molar-refractivity contribution in [3.63, 3.8) is 0 Å². The Morgan fingerprint density at radius 3 is 2.57 bits per heavy atom. The molecule has 2 aromatic rings. The Morgan fingerprint density at radius 1 is 1.29 bits per heavy atom. The van der Waals surface area contributed by atoms with Crippen LogP contribution in [0.1, 0.15) is 21.5 Å². The summed E-state index contributed by atoms with van der Waals surface area (Å²) in [6.07, 6.45) is 1.38. The average Bonchev–Trinajstić information content (AvgIpc) is 2.41. The van der Waals surface area contributed by atoms with Crippen LogP contribution in [0.5, 0.6) is 0 Å². The van der Waals surface area contributed by atoms with Crippen molar-refractivity contribution in [2.45, 2.75) is 17.7 Å². The molecule has 7 heteroatoms. The van der Waals surface area contributed by atoms with Crippen LogP contribution < -0.4 is 11.5 Å². The highest BCUT2D eigenvalue weighted by Gasteiger charge is 2.21. The molecular formula is C14H15N3O3S. The van der Waals surface area contributed by atoms with Crippen molar-refractivity contribution in [3.05, 3.63) is 53.2 Å². The van der Waals surface area contributed by atoms with Crippen LogP contribution in [0.3, 0.4) is 0 Å². The fraction of sp³-hybridized carbons (Fsp3) is 0.143. The second-order valence-electron chi connectivity index (χ2n) is 4.66. The Hall–Kier alpha value is -2.41. The smallest absolute Gasteiger partial charge is 0.248 e. The van der Waals surface area contributed by atoms with Crippen molar-refractivity contribution in [1.29, 1.82) is 0 Å². The first-order chi connectivity index (χ1) is 9.81. The van der Waals surface area contributed by atoms with Gasteiger partial charge in [0.1, 0.15) is 0 Å². The summed E-state index contributed by atoms with van der Waals surface area (Å²) in [5.74, 6) is -0.791. The average molecular weight is 305 g/mol. The first-order valence-electron chi connectivity index (χ1n) is 6.14. The molecule has 0 aliphatic rings. The Bertz CT molecular complexity index is 801. The fourth-order valence-electron chi connectivity index (χ4n) is 1.95. The quantitative estimate of drug-likeness (QED) is 0.875. The van der Waals surface area contributed by atoms with Crippen molar-refractivity contribution >= 4 is 21.4 Å². The van der Waals surface area contributed by atoms with Crippen LogP contribution in [0.25, 0.3) is 0 Å². The minimum absolute atomic E-state index is 0.115. The molecule has 0 bridgehead atoms. The van der Waals surface area contributed by atoms with Crippen LogP contribution in [0.4, 0.5) is 5.69 Å². The number of pyridine rings is 1. The molecular weight excluding hydrogens is 290 g/mol. The summed E-state index contributed by atoms with van der Waals surface area (Å²) in [7, 11) is -3.65. The number of nitrogen functional groups attached to an aromatic ring is 1. The minimum Gasteiger partial charge on any atom is -0.396 e. The lowest BCUT2D eigenvalue weighted by Crippen LogP contribution is -2.13. The van der Waals surface area contributed by atoms with E-state index in [2.05, 4.69) is 4.98 Å². The third-order valence-corrected chi connectivity index (χ3v) is 4.69. The van der Waals surface area contributed by atoms with E-state index >= 15 is 0 Å². The van der Waals surface area contributed by atoms with Crippen LogP contribution in [0.15, 0.2) is 41.6 Å². The van der Waals surface area contributed by atoms with E-state index in [4.69, 9.17) is 11.5 Å². The molecule has 21 heavy (non-hydrogen) atoms. The van der Waals surface area contributed by atoms with Gasteiger partial charge in [0.25, 0.3) is 0 Å². The van der Waals surface area contributed by atoms with Crippen molar-refractivity contribution in [2.24, 2.45) is 5.73 Å². The van der Waals surface area contributed by atoms with E-state index < -0.39 is 15.7 Å². The molecule has 0 saturated heterocycles. The highest BCUT2D eigenvalue weighted by atomic mass is 32.2. The number of benzene rings is 1. The maximum absolute atomic E-state index is 12.4. The van der Waals surface area contributed by atoms with Crippen molar-refractivity contribution in [2.75, 3.05) is 5.73 Å². The number of primary amides is 1. The molecule has 110 valence electrons. The van der Waals surface area contributed by atoms with Crippen LogP contribution in [-0.4, -0.2) is 19.3 Å².